The maximum Gasteiger partial charge on any atom is 0.127 e. The first kappa shape index (κ1) is 16.9. The molecule has 5 heteroatoms. The van der Waals surface area contributed by atoms with Gasteiger partial charge in [-0.2, -0.15) is 0 Å². The highest BCUT2D eigenvalue weighted by atomic mass is 35.5. The van der Waals surface area contributed by atoms with E-state index in [0.717, 1.165) is 42.8 Å². The van der Waals surface area contributed by atoms with Crippen molar-refractivity contribution in [1.82, 2.24) is 10.2 Å². The molecule has 0 aliphatic carbocycles. The number of hydrogen-bond donors (Lipinski definition) is 1. The third-order valence-corrected chi connectivity index (χ3v) is 4.64. The predicted molar refractivity (Wildman–Crippen MR) is 89.8 cm³/mol. The third kappa shape index (κ3) is 4.04. The SMILES string of the molecule is CNCC1CCN(Cc2cc(Cl)cc3c2OCC3)CC1.Cl. The second-order valence-electron chi connectivity index (χ2n) is 5.93. The molecule has 0 bridgehead atoms. The van der Waals surface area contributed by atoms with Gasteiger partial charge in [0.05, 0.1) is 6.61 Å². The molecule has 3 nitrogen and oxygen atoms in total. The van der Waals surface area contributed by atoms with E-state index in [2.05, 4.69) is 16.3 Å². The standard InChI is InChI=1S/C16H23ClN2O.ClH/c1-18-10-12-2-5-19(6-3-12)11-14-9-15(17)8-13-4-7-20-16(13)14;/h8-9,12,18H,2-7,10-11H2,1H3;1H. The van der Waals surface area contributed by atoms with Gasteiger partial charge in [0, 0.05) is 23.6 Å². The van der Waals surface area contributed by atoms with Crippen molar-refractivity contribution in [2.45, 2.75) is 25.8 Å². The lowest BCUT2D eigenvalue weighted by Crippen LogP contribution is -2.36. The van der Waals surface area contributed by atoms with Gasteiger partial charge in [0.25, 0.3) is 0 Å². The van der Waals surface area contributed by atoms with Crippen molar-refractivity contribution in [3.8, 4) is 5.75 Å². The minimum Gasteiger partial charge on any atom is -0.493 e. The number of fused-ring (bicyclic) bond motifs is 1. The topological polar surface area (TPSA) is 24.5 Å². The Morgan fingerprint density at radius 3 is 2.81 bits per heavy atom. The number of likely N-dealkylation sites (tertiary alicyclic amines) is 1. The number of piperidine rings is 1. The molecular weight excluding hydrogens is 307 g/mol. The highest BCUT2D eigenvalue weighted by molar-refractivity contribution is 6.30. The Labute approximate surface area is 138 Å². The quantitative estimate of drug-likeness (QED) is 0.917. The number of halogens is 2. The molecule has 2 heterocycles. The summed E-state index contributed by atoms with van der Waals surface area (Å²) in [7, 11) is 2.04. The largest absolute Gasteiger partial charge is 0.493 e. The monoisotopic (exact) mass is 330 g/mol. The Kier molecular flexibility index (Phi) is 6.18. The highest BCUT2D eigenvalue weighted by Gasteiger charge is 2.22. The van der Waals surface area contributed by atoms with Crippen LogP contribution in [0.2, 0.25) is 5.02 Å². The van der Waals surface area contributed by atoms with Crippen LogP contribution in [0.15, 0.2) is 12.1 Å². The zero-order valence-corrected chi connectivity index (χ0v) is 14.1. The van der Waals surface area contributed by atoms with Crippen molar-refractivity contribution in [1.29, 1.82) is 0 Å². The van der Waals surface area contributed by atoms with Crippen molar-refractivity contribution >= 4 is 24.0 Å². The molecular formula is C16H24Cl2N2O. The van der Waals surface area contributed by atoms with E-state index >= 15 is 0 Å². The van der Waals surface area contributed by atoms with Crippen LogP contribution in [-0.2, 0) is 13.0 Å². The van der Waals surface area contributed by atoms with Gasteiger partial charge >= 0.3 is 0 Å². The van der Waals surface area contributed by atoms with Crippen LogP contribution >= 0.6 is 24.0 Å². The van der Waals surface area contributed by atoms with Gasteiger partial charge in [0.2, 0.25) is 0 Å². The Morgan fingerprint density at radius 2 is 2.10 bits per heavy atom. The van der Waals surface area contributed by atoms with Gasteiger partial charge in [-0.15, -0.1) is 12.4 Å². The Bertz CT molecular complexity index is 474. The molecule has 0 atom stereocenters. The molecule has 0 radical (unpaired) electrons. The Morgan fingerprint density at radius 1 is 1.33 bits per heavy atom. The molecule has 0 saturated carbocycles. The summed E-state index contributed by atoms with van der Waals surface area (Å²) in [6.45, 7) is 5.26. The average Bonchev–Trinajstić information content (AvgIpc) is 2.89. The fraction of sp³-hybridized carbons (Fsp3) is 0.625. The fourth-order valence-electron chi connectivity index (χ4n) is 3.34. The van der Waals surface area contributed by atoms with E-state index < -0.39 is 0 Å². The molecule has 2 aliphatic heterocycles. The van der Waals surface area contributed by atoms with Gasteiger partial charge in [-0.1, -0.05) is 11.6 Å². The molecule has 0 unspecified atom stereocenters. The maximum absolute atomic E-state index is 6.23. The molecule has 0 aromatic heterocycles. The van der Waals surface area contributed by atoms with Gasteiger partial charge < -0.3 is 10.1 Å². The molecule has 118 valence electrons. The third-order valence-electron chi connectivity index (χ3n) is 4.42. The van der Waals surface area contributed by atoms with Gasteiger partial charge in [0.1, 0.15) is 5.75 Å². The molecule has 1 fully saturated rings. The first-order chi connectivity index (χ1) is 9.76. The van der Waals surface area contributed by atoms with E-state index in [4.69, 9.17) is 16.3 Å². The van der Waals surface area contributed by atoms with Gasteiger partial charge in [-0.25, -0.2) is 0 Å². The smallest absolute Gasteiger partial charge is 0.127 e. The molecule has 0 spiro atoms. The zero-order valence-electron chi connectivity index (χ0n) is 12.5. The first-order valence-electron chi connectivity index (χ1n) is 7.57. The summed E-state index contributed by atoms with van der Waals surface area (Å²) in [5, 5.41) is 4.13. The van der Waals surface area contributed by atoms with Crippen LogP contribution < -0.4 is 10.1 Å². The summed E-state index contributed by atoms with van der Waals surface area (Å²) in [5.41, 5.74) is 2.54. The van der Waals surface area contributed by atoms with E-state index in [9.17, 15) is 0 Å². The summed E-state index contributed by atoms with van der Waals surface area (Å²) in [6.07, 6.45) is 3.56. The average molecular weight is 331 g/mol. The highest BCUT2D eigenvalue weighted by Crippen LogP contribution is 2.34. The van der Waals surface area contributed by atoms with Crippen molar-refractivity contribution in [2.24, 2.45) is 5.92 Å². The fourth-order valence-corrected chi connectivity index (χ4v) is 3.61. The van der Waals surface area contributed by atoms with Crippen molar-refractivity contribution in [3.63, 3.8) is 0 Å². The summed E-state index contributed by atoms with van der Waals surface area (Å²) in [6, 6.07) is 4.12. The van der Waals surface area contributed by atoms with Gasteiger partial charge in [-0.3, -0.25) is 4.90 Å². The lowest BCUT2D eigenvalue weighted by atomic mass is 9.96. The van der Waals surface area contributed by atoms with Crippen LogP contribution in [0.1, 0.15) is 24.0 Å². The number of nitrogens with one attached hydrogen (secondary N) is 1. The van der Waals surface area contributed by atoms with Gasteiger partial charge in [0.15, 0.2) is 0 Å². The van der Waals surface area contributed by atoms with Crippen LogP contribution in [0, 0.1) is 5.92 Å². The lowest BCUT2D eigenvalue weighted by Gasteiger charge is -2.32. The zero-order chi connectivity index (χ0) is 13.9. The number of nitrogens with zero attached hydrogens (tertiary/aromatic N) is 1. The Balaban J connectivity index is 0.00000161. The molecule has 21 heavy (non-hydrogen) atoms. The number of hydrogen-bond acceptors (Lipinski definition) is 3. The van der Waals surface area contributed by atoms with Gasteiger partial charge in [-0.05, 0) is 63.1 Å². The summed E-state index contributed by atoms with van der Waals surface area (Å²) in [5.74, 6) is 1.92. The minimum absolute atomic E-state index is 0. The maximum atomic E-state index is 6.23. The van der Waals surface area contributed by atoms with Crippen LogP contribution in [0.3, 0.4) is 0 Å². The molecule has 1 N–H and O–H groups in total. The number of rotatable bonds is 4. The second kappa shape index (κ2) is 7.68. The van der Waals surface area contributed by atoms with Crippen LogP contribution in [0.4, 0.5) is 0 Å². The minimum atomic E-state index is 0. The molecule has 1 aromatic rings. The van der Waals surface area contributed by atoms with E-state index in [1.165, 1.54) is 37.1 Å². The first-order valence-corrected chi connectivity index (χ1v) is 7.95. The van der Waals surface area contributed by atoms with Crippen LogP contribution in [0.5, 0.6) is 5.75 Å². The second-order valence-corrected chi connectivity index (χ2v) is 6.37. The summed E-state index contributed by atoms with van der Waals surface area (Å²) >= 11 is 6.23. The lowest BCUT2D eigenvalue weighted by molar-refractivity contribution is 0.175. The van der Waals surface area contributed by atoms with E-state index in [1.807, 2.05) is 13.1 Å². The number of ether oxygens (including phenoxy) is 1. The van der Waals surface area contributed by atoms with E-state index in [0.29, 0.717) is 0 Å². The normalized spacial score (nSPS) is 19.0. The van der Waals surface area contributed by atoms with E-state index in [-0.39, 0.29) is 12.4 Å². The Hall–Kier alpha value is -0.480. The van der Waals surface area contributed by atoms with E-state index in [1.54, 1.807) is 0 Å². The van der Waals surface area contributed by atoms with Crippen molar-refractivity contribution < 1.29 is 4.74 Å². The summed E-state index contributed by atoms with van der Waals surface area (Å²) < 4.78 is 5.79. The molecule has 1 aromatic carbocycles. The molecule has 3 rings (SSSR count). The summed E-state index contributed by atoms with van der Waals surface area (Å²) in [4.78, 5) is 2.53. The van der Waals surface area contributed by atoms with Crippen molar-refractivity contribution in [2.75, 3.05) is 33.3 Å². The van der Waals surface area contributed by atoms with Crippen LogP contribution in [0.25, 0.3) is 0 Å². The molecule has 0 amide bonds. The predicted octanol–water partition coefficient (Wildman–Crippen LogP) is 3.13. The molecule has 1 saturated heterocycles. The van der Waals surface area contributed by atoms with Crippen LogP contribution in [-0.4, -0.2) is 38.2 Å². The molecule has 2 aliphatic rings. The van der Waals surface area contributed by atoms with Crippen molar-refractivity contribution in [3.05, 3.63) is 28.3 Å². The number of benzene rings is 1.